The number of phenols is 1. The fourth-order valence-corrected chi connectivity index (χ4v) is 4.07. The zero-order chi connectivity index (χ0) is 13.6. The predicted molar refractivity (Wildman–Crippen MR) is 76.1 cm³/mol. The average Bonchev–Trinajstić information content (AvgIpc) is 2.28. The highest BCUT2D eigenvalue weighted by Crippen LogP contribution is 2.58. The first-order chi connectivity index (χ1) is 9.04. The molecule has 0 atom stereocenters. The van der Waals surface area contributed by atoms with Gasteiger partial charge < -0.3 is 10.2 Å². The molecule has 5 heteroatoms. The van der Waals surface area contributed by atoms with Crippen molar-refractivity contribution >= 4 is 23.2 Å². The molecule has 0 aromatic heterocycles. The lowest BCUT2D eigenvalue weighted by Gasteiger charge is -2.59. The van der Waals surface area contributed by atoms with Gasteiger partial charge in [0, 0.05) is 25.2 Å². The Labute approximate surface area is 122 Å². The maximum atomic E-state index is 9.96. The number of likely N-dealkylation sites (tertiary alicyclic amines) is 1. The van der Waals surface area contributed by atoms with Crippen molar-refractivity contribution in [2.75, 3.05) is 26.2 Å². The van der Waals surface area contributed by atoms with Crippen LogP contribution in [-0.4, -0.2) is 41.4 Å². The molecular formula is C14H17Cl2NO2. The molecule has 2 N–H and O–H groups in total. The van der Waals surface area contributed by atoms with E-state index in [0.29, 0.717) is 21.4 Å². The van der Waals surface area contributed by atoms with E-state index in [4.69, 9.17) is 28.3 Å². The van der Waals surface area contributed by atoms with Gasteiger partial charge >= 0.3 is 0 Å². The lowest BCUT2D eigenvalue weighted by molar-refractivity contribution is -0.0778. The van der Waals surface area contributed by atoms with Gasteiger partial charge in [-0.05, 0) is 36.3 Å². The first-order valence-electron chi connectivity index (χ1n) is 6.55. The molecule has 1 heterocycles. The molecule has 19 heavy (non-hydrogen) atoms. The van der Waals surface area contributed by atoms with Gasteiger partial charge in [0.05, 0.1) is 16.7 Å². The van der Waals surface area contributed by atoms with Crippen LogP contribution in [0, 0.1) is 5.41 Å². The first kappa shape index (κ1) is 13.5. The van der Waals surface area contributed by atoms with Crippen LogP contribution in [0.1, 0.15) is 24.3 Å². The van der Waals surface area contributed by atoms with Crippen LogP contribution in [0.25, 0.3) is 0 Å². The van der Waals surface area contributed by atoms with Crippen LogP contribution < -0.4 is 0 Å². The third kappa shape index (κ3) is 2.23. The SMILES string of the molecule is OCCN1CC2(CC(c3c(O)ccc(Cl)c3Cl)C2)C1. The van der Waals surface area contributed by atoms with Crippen molar-refractivity contribution in [3.63, 3.8) is 0 Å². The molecule has 1 saturated carbocycles. The molecule has 0 unspecified atom stereocenters. The zero-order valence-electron chi connectivity index (χ0n) is 10.6. The quantitative estimate of drug-likeness (QED) is 0.902. The summed E-state index contributed by atoms with van der Waals surface area (Å²) in [6.07, 6.45) is 2.09. The summed E-state index contributed by atoms with van der Waals surface area (Å²) in [7, 11) is 0. The van der Waals surface area contributed by atoms with Crippen molar-refractivity contribution < 1.29 is 10.2 Å². The maximum absolute atomic E-state index is 9.96. The highest BCUT2D eigenvalue weighted by Gasteiger charge is 2.53. The van der Waals surface area contributed by atoms with Crippen LogP contribution in [0.3, 0.4) is 0 Å². The van der Waals surface area contributed by atoms with Crippen LogP contribution in [0.5, 0.6) is 5.75 Å². The number of phenolic OH excluding ortho intramolecular Hbond substituents is 1. The van der Waals surface area contributed by atoms with Crippen LogP contribution >= 0.6 is 23.2 Å². The Hall–Kier alpha value is -0.480. The number of halogens is 2. The Kier molecular flexibility index (Phi) is 3.42. The Balaban J connectivity index is 1.67. The smallest absolute Gasteiger partial charge is 0.120 e. The van der Waals surface area contributed by atoms with Gasteiger partial charge in [-0.3, -0.25) is 4.90 Å². The lowest BCUT2D eigenvalue weighted by atomic mass is 9.56. The van der Waals surface area contributed by atoms with Crippen LogP contribution in [0.4, 0.5) is 0 Å². The van der Waals surface area contributed by atoms with Crippen molar-refractivity contribution in [2.45, 2.75) is 18.8 Å². The summed E-state index contributed by atoms with van der Waals surface area (Å²) < 4.78 is 0. The number of aliphatic hydroxyl groups is 1. The van der Waals surface area contributed by atoms with Gasteiger partial charge in [0.1, 0.15) is 5.75 Å². The van der Waals surface area contributed by atoms with Crippen molar-refractivity contribution in [1.82, 2.24) is 4.90 Å². The Morgan fingerprint density at radius 3 is 2.58 bits per heavy atom. The van der Waals surface area contributed by atoms with Gasteiger partial charge in [0.25, 0.3) is 0 Å². The maximum Gasteiger partial charge on any atom is 0.120 e. The summed E-state index contributed by atoms with van der Waals surface area (Å²) in [5.74, 6) is 0.559. The van der Waals surface area contributed by atoms with Gasteiger partial charge in [-0.1, -0.05) is 23.2 Å². The minimum absolute atomic E-state index is 0.223. The molecule has 104 valence electrons. The number of rotatable bonds is 3. The zero-order valence-corrected chi connectivity index (χ0v) is 12.1. The summed E-state index contributed by atoms with van der Waals surface area (Å²) in [5, 5.41) is 19.8. The molecule has 3 nitrogen and oxygen atoms in total. The molecule has 1 saturated heterocycles. The van der Waals surface area contributed by atoms with E-state index >= 15 is 0 Å². The van der Waals surface area contributed by atoms with E-state index < -0.39 is 0 Å². The second-order valence-corrected chi connectivity index (χ2v) is 6.62. The summed E-state index contributed by atoms with van der Waals surface area (Å²) in [6.45, 7) is 3.07. The Morgan fingerprint density at radius 2 is 1.95 bits per heavy atom. The van der Waals surface area contributed by atoms with Crippen molar-refractivity contribution in [3.8, 4) is 5.75 Å². The topological polar surface area (TPSA) is 43.7 Å². The lowest BCUT2D eigenvalue weighted by Crippen LogP contribution is -2.62. The van der Waals surface area contributed by atoms with E-state index in [-0.39, 0.29) is 12.4 Å². The molecule has 0 radical (unpaired) electrons. The molecule has 2 aliphatic rings. The van der Waals surface area contributed by atoms with Crippen LogP contribution in [-0.2, 0) is 0 Å². The summed E-state index contributed by atoms with van der Waals surface area (Å²) >= 11 is 12.2. The number of hydrogen-bond acceptors (Lipinski definition) is 3. The minimum Gasteiger partial charge on any atom is -0.508 e. The third-order valence-electron chi connectivity index (χ3n) is 4.41. The Morgan fingerprint density at radius 1 is 1.26 bits per heavy atom. The van der Waals surface area contributed by atoms with Gasteiger partial charge in [0.15, 0.2) is 0 Å². The summed E-state index contributed by atoms with van der Waals surface area (Å²) in [5.41, 5.74) is 1.18. The number of benzene rings is 1. The predicted octanol–water partition coefficient (Wildman–Crippen LogP) is 2.87. The fourth-order valence-electron chi connectivity index (χ4n) is 3.59. The van der Waals surface area contributed by atoms with Gasteiger partial charge in [-0.25, -0.2) is 0 Å². The van der Waals surface area contributed by atoms with E-state index in [1.54, 1.807) is 12.1 Å². The molecule has 1 aliphatic heterocycles. The molecule has 3 rings (SSSR count). The van der Waals surface area contributed by atoms with E-state index in [0.717, 1.165) is 38.0 Å². The third-order valence-corrected chi connectivity index (χ3v) is 5.23. The highest BCUT2D eigenvalue weighted by molar-refractivity contribution is 6.42. The van der Waals surface area contributed by atoms with Crippen LogP contribution in [0.15, 0.2) is 12.1 Å². The summed E-state index contributed by atoms with van der Waals surface area (Å²) in [6, 6.07) is 3.25. The fraction of sp³-hybridized carbons (Fsp3) is 0.571. The van der Waals surface area contributed by atoms with E-state index in [2.05, 4.69) is 4.90 Å². The van der Waals surface area contributed by atoms with Crippen molar-refractivity contribution in [3.05, 3.63) is 27.7 Å². The van der Waals surface area contributed by atoms with Crippen molar-refractivity contribution in [1.29, 1.82) is 0 Å². The normalized spacial score (nSPS) is 22.3. The molecule has 0 bridgehead atoms. The molecule has 1 spiro atoms. The highest BCUT2D eigenvalue weighted by atomic mass is 35.5. The van der Waals surface area contributed by atoms with Gasteiger partial charge in [-0.2, -0.15) is 0 Å². The average molecular weight is 302 g/mol. The monoisotopic (exact) mass is 301 g/mol. The standard InChI is InChI=1S/C14H17Cl2NO2/c15-10-1-2-11(19)12(13(10)16)9-5-14(6-9)7-17(8-14)3-4-18/h1-2,9,18-19H,3-8H2. The number of hydrogen-bond donors (Lipinski definition) is 2. The molecule has 2 fully saturated rings. The second-order valence-electron chi connectivity index (χ2n) is 5.83. The van der Waals surface area contributed by atoms with E-state index in [9.17, 15) is 5.11 Å². The summed E-state index contributed by atoms with van der Waals surface area (Å²) in [4.78, 5) is 2.26. The number of nitrogens with zero attached hydrogens (tertiary/aromatic N) is 1. The molecule has 1 aromatic rings. The number of aromatic hydroxyl groups is 1. The molecular weight excluding hydrogens is 285 g/mol. The Bertz CT molecular complexity index is 492. The first-order valence-corrected chi connectivity index (χ1v) is 7.30. The number of β-amino-alcohol motifs (C(OH)–C–C–N with tert-alkyl or cyclic N) is 1. The van der Waals surface area contributed by atoms with Crippen LogP contribution in [0.2, 0.25) is 10.0 Å². The number of aliphatic hydroxyl groups excluding tert-OH is 1. The van der Waals surface area contributed by atoms with Gasteiger partial charge in [-0.15, -0.1) is 0 Å². The van der Waals surface area contributed by atoms with Crippen molar-refractivity contribution in [2.24, 2.45) is 5.41 Å². The van der Waals surface area contributed by atoms with Gasteiger partial charge in [0.2, 0.25) is 0 Å². The second kappa shape index (κ2) is 4.81. The van der Waals surface area contributed by atoms with E-state index in [1.807, 2.05) is 0 Å². The minimum atomic E-state index is 0.223. The largest absolute Gasteiger partial charge is 0.508 e. The molecule has 1 aromatic carbocycles. The molecule has 1 aliphatic carbocycles. The molecule has 0 amide bonds. The van der Waals surface area contributed by atoms with E-state index in [1.165, 1.54) is 0 Å².